The van der Waals surface area contributed by atoms with Crippen molar-refractivity contribution in [1.29, 1.82) is 0 Å². The second-order valence-electron chi connectivity index (χ2n) is 8.61. The summed E-state index contributed by atoms with van der Waals surface area (Å²) in [5.74, 6) is 1.42. The molecule has 0 aliphatic carbocycles. The number of fused-ring (bicyclic) bond motifs is 1. The van der Waals surface area contributed by atoms with Crippen molar-refractivity contribution < 1.29 is 24.1 Å². The molecule has 9 nitrogen and oxygen atoms in total. The van der Waals surface area contributed by atoms with E-state index in [0.717, 1.165) is 16.7 Å². The molecule has 3 N–H and O–H groups in total. The summed E-state index contributed by atoms with van der Waals surface area (Å²) >= 11 is 0. The molecule has 9 heteroatoms. The first-order valence-electron chi connectivity index (χ1n) is 11.4. The Morgan fingerprint density at radius 3 is 2.31 bits per heavy atom. The summed E-state index contributed by atoms with van der Waals surface area (Å²) in [6.07, 6.45) is 3.47. The number of phenolic OH excluding ortho intramolecular Hbond substituents is 1. The van der Waals surface area contributed by atoms with E-state index in [2.05, 4.69) is 15.8 Å². The molecule has 4 atom stereocenters. The van der Waals surface area contributed by atoms with E-state index in [-0.39, 0.29) is 29.7 Å². The minimum Gasteiger partial charge on any atom is -0.508 e. The highest BCUT2D eigenvalue weighted by Crippen LogP contribution is 2.51. The number of phenols is 1. The Bertz CT molecular complexity index is 1200. The Morgan fingerprint density at radius 1 is 0.971 bits per heavy atom. The second-order valence-corrected chi connectivity index (χ2v) is 8.61. The lowest BCUT2D eigenvalue weighted by Crippen LogP contribution is -2.41. The first-order valence-corrected chi connectivity index (χ1v) is 11.4. The van der Waals surface area contributed by atoms with Gasteiger partial charge < -0.3 is 24.2 Å². The Morgan fingerprint density at radius 2 is 1.69 bits per heavy atom. The van der Waals surface area contributed by atoms with E-state index in [1.165, 1.54) is 0 Å². The molecule has 0 saturated carbocycles. The summed E-state index contributed by atoms with van der Waals surface area (Å²) in [4.78, 5) is 19.8. The smallest absolute Gasteiger partial charge is 0.242 e. The van der Waals surface area contributed by atoms with E-state index in [0.29, 0.717) is 23.8 Å². The van der Waals surface area contributed by atoms with Gasteiger partial charge in [0, 0.05) is 30.4 Å². The van der Waals surface area contributed by atoms with Crippen LogP contribution in [0.5, 0.6) is 23.0 Å². The molecule has 1 amide bonds. The van der Waals surface area contributed by atoms with Gasteiger partial charge in [0.05, 0.1) is 33.4 Å². The highest BCUT2D eigenvalue weighted by Gasteiger charge is 2.56. The number of methoxy groups -OCH3 is 3. The molecule has 5 rings (SSSR count). The number of hydrogen-bond donors (Lipinski definition) is 3. The molecule has 2 fully saturated rings. The van der Waals surface area contributed by atoms with Crippen molar-refractivity contribution >= 4 is 5.91 Å². The molecule has 0 spiro atoms. The zero-order chi connectivity index (χ0) is 24.5. The third-order valence-corrected chi connectivity index (χ3v) is 6.79. The number of benzene rings is 2. The normalized spacial score (nSPS) is 23.3. The van der Waals surface area contributed by atoms with Crippen LogP contribution in [0.15, 0.2) is 60.9 Å². The minimum atomic E-state index is -0.486. The fourth-order valence-electron chi connectivity index (χ4n) is 5.25. The Hall–Kier alpha value is -3.82. The first kappa shape index (κ1) is 22.9. The van der Waals surface area contributed by atoms with Crippen molar-refractivity contribution in [3.05, 3.63) is 77.6 Å². The lowest BCUT2D eigenvalue weighted by molar-refractivity contribution is -0.131. The number of hydrazine groups is 1. The molecule has 2 saturated heterocycles. The third-order valence-electron chi connectivity index (χ3n) is 6.79. The van der Waals surface area contributed by atoms with Crippen molar-refractivity contribution in [2.45, 2.75) is 24.7 Å². The van der Waals surface area contributed by atoms with E-state index in [1.54, 1.807) is 45.9 Å². The molecule has 0 bridgehead atoms. The molecule has 35 heavy (non-hydrogen) atoms. The average Bonchev–Trinajstić information content (AvgIpc) is 3.43. The van der Waals surface area contributed by atoms with E-state index in [4.69, 9.17) is 14.2 Å². The number of para-hydroxylation sites is 1. The zero-order valence-electron chi connectivity index (χ0n) is 19.8. The van der Waals surface area contributed by atoms with Gasteiger partial charge in [-0.05, 0) is 35.4 Å². The summed E-state index contributed by atoms with van der Waals surface area (Å²) in [6, 6.07) is 13.6. The van der Waals surface area contributed by atoms with Gasteiger partial charge in [0.15, 0.2) is 11.5 Å². The summed E-state index contributed by atoms with van der Waals surface area (Å²) in [6.45, 7) is 0.385. The maximum Gasteiger partial charge on any atom is 0.242 e. The van der Waals surface area contributed by atoms with Gasteiger partial charge >= 0.3 is 0 Å². The number of pyridine rings is 1. The number of carbonyl (C=O) groups excluding carboxylic acids is 1. The van der Waals surface area contributed by atoms with Crippen molar-refractivity contribution in [1.82, 2.24) is 20.7 Å². The van der Waals surface area contributed by atoms with E-state index < -0.39 is 6.04 Å². The number of carbonyl (C=O) groups is 1. The maximum atomic E-state index is 13.7. The third kappa shape index (κ3) is 3.92. The van der Waals surface area contributed by atoms with Crippen LogP contribution in [0, 0.1) is 5.92 Å². The Balaban J connectivity index is 1.65. The second kappa shape index (κ2) is 9.44. The molecule has 2 aliphatic rings. The topological polar surface area (TPSA) is 105 Å². The Kier molecular flexibility index (Phi) is 6.19. The van der Waals surface area contributed by atoms with Crippen LogP contribution in [0.1, 0.15) is 28.8 Å². The predicted octanol–water partition coefficient (Wildman–Crippen LogP) is 2.73. The van der Waals surface area contributed by atoms with Gasteiger partial charge in [-0.3, -0.25) is 9.78 Å². The zero-order valence-corrected chi connectivity index (χ0v) is 19.8. The lowest BCUT2D eigenvalue weighted by Gasteiger charge is -2.32. The van der Waals surface area contributed by atoms with Crippen LogP contribution >= 0.6 is 0 Å². The molecular weight excluding hydrogens is 448 g/mol. The van der Waals surface area contributed by atoms with Gasteiger partial charge in [-0.25, -0.2) is 10.9 Å². The number of amides is 1. The van der Waals surface area contributed by atoms with Crippen LogP contribution in [0.3, 0.4) is 0 Å². The Labute approximate surface area is 203 Å². The number of hydrogen-bond acceptors (Lipinski definition) is 8. The van der Waals surface area contributed by atoms with E-state index in [9.17, 15) is 9.90 Å². The number of aromatic hydroxyl groups is 1. The van der Waals surface area contributed by atoms with Gasteiger partial charge in [0.1, 0.15) is 11.8 Å². The molecule has 2 aromatic carbocycles. The number of likely N-dealkylation sites (tertiary alicyclic amines) is 1. The highest BCUT2D eigenvalue weighted by atomic mass is 16.5. The van der Waals surface area contributed by atoms with Crippen LogP contribution in [0.4, 0.5) is 0 Å². The number of aromatic nitrogens is 1. The number of nitrogens with one attached hydrogen (secondary N) is 2. The number of ether oxygens (including phenoxy) is 3. The predicted molar refractivity (Wildman–Crippen MR) is 128 cm³/mol. The van der Waals surface area contributed by atoms with Crippen molar-refractivity contribution in [3.8, 4) is 23.0 Å². The summed E-state index contributed by atoms with van der Waals surface area (Å²) < 4.78 is 16.7. The average molecular weight is 477 g/mol. The molecule has 0 radical (unpaired) electrons. The summed E-state index contributed by atoms with van der Waals surface area (Å²) in [5, 5.41) is 10.6. The quantitative estimate of drug-likeness (QED) is 0.478. The van der Waals surface area contributed by atoms with E-state index >= 15 is 0 Å². The summed E-state index contributed by atoms with van der Waals surface area (Å²) in [7, 11) is 4.70. The van der Waals surface area contributed by atoms with Crippen LogP contribution < -0.4 is 25.1 Å². The molecule has 4 unspecified atom stereocenters. The fraction of sp³-hybridized carbons (Fsp3) is 0.308. The van der Waals surface area contributed by atoms with Gasteiger partial charge in [-0.1, -0.05) is 24.3 Å². The van der Waals surface area contributed by atoms with Crippen LogP contribution in [0.25, 0.3) is 0 Å². The fourth-order valence-corrected chi connectivity index (χ4v) is 5.25. The van der Waals surface area contributed by atoms with Crippen molar-refractivity contribution in [3.63, 3.8) is 0 Å². The standard InChI is InChI=1S/C26H28N4O5/c1-33-19-11-16(12-20(34-2)25(19)35-3)24-21-22(17-8-4-5-9-18(17)31)28-29-23(21)26(32)30(24)14-15-7-6-10-27-13-15/h4-13,21-24,28-29,31H,14H2,1-3H3. The number of nitrogens with zero attached hydrogens (tertiary/aromatic N) is 2. The van der Waals surface area contributed by atoms with Gasteiger partial charge in [0.25, 0.3) is 0 Å². The van der Waals surface area contributed by atoms with Gasteiger partial charge in [0.2, 0.25) is 11.7 Å². The number of rotatable bonds is 7. The van der Waals surface area contributed by atoms with Crippen molar-refractivity contribution in [2.24, 2.45) is 5.92 Å². The molecule has 2 aliphatic heterocycles. The highest BCUT2D eigenvalue weighted by molar-refractivity contribution is 5.86. The monoisotopic (exact) mass is 476 g/mol. The lowest BCUT2D eigenvalue weighted by atomic mass is 9.83. The van der Waals surface area contributed by atoms with E-state index in [1.807, 2.05) is 41.3 Å². The van der Waals surface area contributed by atoms with Gasteiger partial charge in [-0.15, -0.1) is 0 Å². The SMILES string of the molecule is COc1cc(C2C3C(NNC3c3ccccc3O)C(=O)N2Cc2cccnc2)cc(OC)c1OC. The minimum absolute atomic E-state index is 0.0389. The maximum absolute atomic E-state index is 13.7. The molecule has 3 aromatic rings. The van der Waals surface area contributed by atoms with Gasteiger partial charge in [-0.2, -0.15) is 0 Å². The molecule has 1 aromatic heterocycles. The largest absolute Gasteiger partial charge is 0.508 e. The van der Waals surface area contributed by atoms with Crippen molar-refractivity contribution in [2.75, 3.05) is 21.3 Å². The first-order chi connectivity index (χ1) is 17.1. The van der Waals surface area contributed by atoms with Crippen LogP contribution in [-0.2, 0) is 11.3 Å². The molecular formula is C26H28N4O5. The van der Waals surface area contributed by atoms with Crippen LogP contribution in [-0.4, -0.2) is 48.3 Å². The summed E-state index contributed by atoms with van der Waals surface area (Å²) in [5.41, 5.74) is 8.92. The molecule has 182 valence electrons. The molecule has 3 heterocycles. The van der Waals surface area contributed by atoms with Crippen LogP contribution in [0.2, 0.25) is 0 Å².